The second-order valence-electron chi connectivity index (χ2n) is 6.40. The molecule has 1 aromatic heterocycles. The molecule has 1 atom stereocenters. The van der Waals surface area contributed by atoms with Gasteiger partial charge in [0.2, 0.25) is 0 Å². The maximum atomic E-state index is 11.5. The van der Waals surface area contributed by atoms with Crippen molar-refractivity contribution in [1.82, 2.24) is 0 Å². The van der Waals surface area contributed by atoms with Crippen LogP contribution in [-0.4, -0.2) is 23.1 Å². The predicted molar refractivity (Wildman–Crippen MR) is 125 cm³/mol. The first-order chi connectivity index (χ1) is 13.6. The van der Waals surface area contributed by atoms with E-state index in [-0.39, 0.29) is 27.0 Å². The average Bonchev–Trinajstić information content (AvgIpc) is 3.06. The summed E-state index contributed by atoms with van der Waals surface area (Å²) >= 11 is 2.04. The Morgan fingerprint density at radius 2 is 1.46 bits per heavy atom. The first-order valence-electron chi connectivity index (χ1n) is 9.11. The fraction of sp³-hybridized carbons (Fsp3) is 0.174. The number of thiophene rings is 1. The van der Waals surface area contributed by atoms with Gasteiger partial charge in [-0.2, -0.15) is 0 Å². The van der Waals surface area contributed by atoms with E-state index in [1.54, 1.807) is 0 Å². The number of carbonyl (C=O) groups is 1. The van der Waals surface area contributed by atoms with Crippen LogP contribution in [0.1, 0.15) is 6.92 Å². The van der Waals surface area contributed by atoms with Crippen molar-refractivity contribution in [1.29, 1.82) is 0 Å². The van der Waals surface area contributed by atoms with Gasteiger partial charge in [-0.3, -0.25) is 4.79 Å². The minimum absolute atomic E-state index is 0.0934. The van der Waals surface area contributed by atoms with Crippen molar-refractivity contribution in [2.24, 2.45) is 0 Å². The SMILES string of the molecule is CC(I)C(=O)OCCOc1ccc(-[s+]2c3ccccc3c3ccccc32)cc1. The van der Waals surface area contributed by atoms with Crippen molar-refractivity contribution >= 4 is 59.2 Å². The molecule has 0 fully saturated rings. The summed E-state index contributed by atoms with van der Waals surface area (Å²) in [5, 5.41) is 2.65. The maximum absolute atomic E-state index is 11.5. The van der Waals surface area contributed by atoms with E-state index in [4.69, 9.17) is 9.47 Å². The van der Waals surface area contributed by atoms with Crippen molar-refractivity contribution in [3.8, 4) is 10.6 Å². The molecule has 0 spiro atoms. The van der Waals surface area contributed by atoms with Gasteiger partial charge in [-0.25, -0.2) is 0 Å². The van der Waals surface area contributed by atoms with E-state index in [9.17, 15) is 4.79 Å². The van der Waals surface area contributed by atoms with Crippen LogP contribution in [0, 0.1) is 0 Å². The Labute approximate surface area is 180 Å². The zero-order valence-electron chi connectivity index (χ0n) is 15.4. The van der Waals surface area contributed by atoms with E-state index >= 15 is 0 Å². The average molecular weight is 503 g/mol. The lowest BCUT2D eigenvalue weighted by atomic mass is 10.2. The van der Waals surface area contributed by atoms with E-state index in [0.717, 1.165) is 5.75 Å². The van der Waals surface area contributed by atoms with Gasteiger partial charge in [-0.15, -0.1) is 0 Å². The van der Waals surface area contributed by atoms with E-state index < -0.39 is 0 Å². The summed E-state index contributed by atoms with van der Waals surface area (Å²) in [6.45, 7) is 2.42. The Morgan fingerprint density at radius 3 is 2.04 bits per heavy atom. The van der Waals surface area contributed by atoms with Crippen LogP contribution in [-0.2, 0) is 9.53 Å². The molecule has 0 N–H and O–H groups in total. The zero-order chi connectivity index (χ0) is 19.5. The molecule has 4 aromatic rings. The Hall–Kier alpha value is -2.12. The summed E-state index contributed by atoms with van der Waals surface area (Å²) in [6.07, 6.45) is 0. The Morgan fingerprint density at radius 1 is 0.893 bits per heavy atom. The highest BCUT2D eigenvalue weighted by atomic mass is 127. The quantitative estimate of drug-likeness (QED) is 0.0994. The Balaban J connectivity index is 1.55. The number of alkyl halides is 1. The summed E-state index contributed by atoms with van der Waals surface area (Å²) in [4.78, 5) is 12.7. The molecular formula is C23H20IO3S+. The fourth-order valence-electron chi connectivity index (χ4n) is 3.20. The van der Waals surface area contributed by atoms with Crippen LogP contribution in [0.25, 0.3) is 25.1 Å². The minimum Gasteiger partial charge on any atom is -0.490 e. The first kappa shape index (κ1) is 19.2. The topological polar surface area (TPSA) is 35.5 Å². The second kappa shape index (κ2) is 8.49. The van der Waals surface area contributed by atoms with Crippen LogP contribution in [0.15, 0.2) is 72.8 Å². The van der Waals surface area contributed by atoms with Crippen LogP contribution < -0.4 is 4.74 Å². The molecule has 0 saturated carbocycles. The highest BCUT2D eigenvalue weighted by Gasteiger charge is 2.22. The number of carbonyl (C=O) groups excluding carboxylic acids is 1. The zero-order valence-corrected chi connectivity index (χ0v) is 18.4. The molecular weight excluding hydrogens is 483 g/mol. The number of halogens is 1. The highest BCUT2D eigenvalue weighted by molar-refractivity contribution is 14.1. The Kier molecular flexibility index (Phi) is 5.82. The predicted octanol–water partition coefficient (Wildman–Crippen LogP) is 6.48. The van der Waals surface area contributed by atoms with Crippen molar-refractivity contribution in [2.75, 3.05) is 13.2 Å². The molecule has 0 amide bonds. The monoisotopic (exact) mass is 503 g/mol. The van der Waals surface area contributed by atoms with Gasteiger partial charge in [0.05, 0.1) is 0 Å². The van der Waals surface area contributed by atoms with Crippen LogP contribution in [0.4, 0.5) is 0 Å². The smallest absolute Gasteiger partial charge is 0.318 e. The molecule has 0 bridgehead atoms. The van der Waals surface area contributed by atoms with Crippen molar-refractivity contribution in [2.45, 2.75) is 10.8 Å². The van der Waals surface area contributed by atoms with Crippen LogP contribution in [0.2, 0.25) is 0 Å². The van der Waals surface area contributed by atoms with E-state index in [2.05, 4.69) is 60.7 Å². The molecule has 0 aliphatic rings. The minimum atomic E-state index is -0.209. The number of fused-ring (bicyclic) bond motifs is 3. The van der Waals surface area contributed by atoms with Gasteiger partial charge in [-0.05, 0) is 43.3 Å². The maximum Gasteiger partial charge on any atom is 0.318 e. The third-order valence-electron chi connectivity index (χ3n) is 4.48. The van der Waals surface area contributed by atoms with E-state index in [1.807, 2.05) is 41.6 Å². The summed E-state index contributed by atoms with van der Waals surface area (Å²) < 4.78 is 13.5. The van der Waals surface area contributed by atoms with E-state index in [0.29, 0.717) is 6.61 Å². The molecule has 28 heavy (non-hydrogen) atoms. The molecule has 0 saturated heterocycles. The molecule has 0 aliphatic heterocycles. The van der Waals surface area contributed by atoms with Gasteiger partial charge >= 0.3 is 5.97 Å². The number of hydrogen-bond donors (Lipinski definition) is 0. The summed E-state index contributed by atoms with van der Waals surface area (Å²) in [5.74, 6) is 0.575. The van der Waals surface area contributed by atoms with Gasteiger partial charge in [0.1, 0.15) is 22.9 Å². The number of esters is 1. The van der Waals surface area contributed by atoms with Crippen LogP contribution >= 0.6 is 33.1 Å². The van der Waals surface area contributed by atoms with Gasteiger partial charge in [-0.1, -0.05) is 46.9 Å². The van der Waals surface area contributed by atoms with E-state index in [1.165, 1.54) is 25.1 Å². The highest BCUT2D eigenvalue weighted by Crippen LogP contribution is 2.48. The molecule has 4 rings (SSSR count). The van der Waals surface area contributed by atoms with Crippen molar-refractivity contribution < 1.29 is 14.3 Å². The third kappa shape index (κ3) is 3.86. The van der Waals surface area contributed by atoms with Gasteiger partial charge in [0.15, 0.2) is 14.3 Å². The molecule has 0 aliphatic carbocycles. The lowest BCUT2D eigenvalue weighted by Crippen LogP contribution is -2.17. The number of rotatable bonds is 6. The van der Waals surface area contributed by atoms with Crippen LogP contribution in [0.3, 0.4) is 0 Å². The second-order valence-corrected chi connectivity index (χ2v) is 10.2. The van der Waals surface area contributed by atoms with Crippen molar-refractivity contribution in [3.63, 3.8) is 0 Å². The Bertz CT molecular complexity index is 1060. The van der Waals surface area contributed by atoms with Gasteiger partial charge in [0.25, 0.3) is 0 Å². The fourth-order valence-corrected chi connectivity index (χ4v) is 5.75. The summed E-state index contributed by atoms with van der Waals surface area (Å²) in [6, 6.07) is 25.6. The molecule has 1 unspecified atom stereocenters. The van der Waals surface area contributed by atoms with Crippen LogP contribution in [0.5, 0.6) is 5.75 Å². The third-order valence-corrected chi connectivity index (χ3v) is 7.33. The lowest BCUT2D eigenvalue weighted by molar-refractivity contribution is -0.142. The lowest BCUT2D eigenvalue weighted by Gasteiger charge is -2.08. The molecule has 3 aromatic carbocycles. The number of benzene rings is 3. The molecule has 5 heteroatoms. The normalized spacial score (nSPS) is 12.2. The molecule has 1 heterocycles. The summed E-state index contributed by atoms with van der Waals surface area (Å²) in [7, 11) is -0.0934. The standard InChI is InChI=1S/C23H20IO3S/c1-16(24)23(25)27-15-14-26-17-10-12-18(13-11-17)28-21-8-4-2-6-19(21)20-7-3-5-9-22(20)28/h2-13,16H,14-15H2,1H3/q+1. The number of ether oxygens (including phenoxy) is 2. The van der Waals surface area contributed by atoms with Gasteiger partial charge in [0, 0.05) is 33.4 Å². The first-order valence-corrected chi connectivity index (χ1v) is 11.6. The summed E-state index contributed by atoms with van der Waals surface area (Å²) in [5.41, 5.74) is 0. The van der Waals surface area contributed by atoms with Gasteiger partial charge < -0.3 is 9.47 Å². The number of hydrogen-bond acceptors (Lipinski definition) is 3. The van der Waals surface area contributed by atoms with Crippen molar-refractivity contribution in [3.05, 3.63) is 72.8 Å². The molecule has 142 valence electrons. The molecule has 3 nitrogen and oxygen atoms in total. The largest absolute Gasteiger partial charge is 0.490 e. The molecule has 0 radical (unpaired) electrons.